The summed E-state index contributed by atoms with van der Waals surface area (Å²) in [5, 5.41) is 5.34. The lowest BCUT2D eigenvalue weighted by molar-refractivity contribution is -0.141. The van der Waals surface area contributed by atoms with Gasteiger partial charge in [-0.2, -0.15) is 0 Å². The highest BCUT2D eigenvalue weighted by molar-refractivity contribution is 5.95. The predicted octanol–water partition coefficient (Wildman–Crippen LogP) is 2.46. The molecule has 0 radical (unpaired) electrons. The first-order valence-electron chi connectivity index (χ1n) is 9.91. The van der Waals surface area contributed by atoms with E-state index >= 15 is 0 Å². The number of nitrogens with one attached hydrogen (secondary N) is 2. The maximum atomic E-state index is 12.4. The van der Waals surface area contributed by atoms with Crippen LogP contribution in [0.3, 0.4) is 0 Å². The zero-order chi connectivity index (χ0) is 20.4. The molecule has 0 spiro atoms. The van der Waals surface area contributed by atoms with Gasteiger partial charge in [0.1, 0.15) is 0 Å². The van der Waals surface area contributed by atoms with Gasteiger partial charge >= 0.3 is 12.0 Å². The van der Waals surface area contributed by atoms with Crippen molar-refractivity contribution in [3.05, 3.63) is 35.9 Å². The quantitative estimate of drug-likeness (QED) is 0.667. The molecule has 1 aromatic rings. The summed E-state index contributed by atoms with van der Waals surface area (Å²) in [5.74, 6) is -0.298. The largest absolute Gasteiger partial charge is 0.469 e. The molecule has 2 N–H and O–H groups in total. The van der Waals surface area contributed by atoms with Crippen molar-refractivity contribution in [2.45, 2.75) is 51.6 Å². The fraction of sp³-hybridized carbons (Fsp3) is 0.571. The molecule has 0 aliphatic heterocycles. The van der Waals surface area contributed by atoms with E-state index < -0.39 is 6.03 Å². The number of carbonyl (C=O) groups excluding carboxylic acids is 3. The minimum Gasteiger partial charge on any atom is -0.469 e. The SMILES string of the molecule is COC(=O)CCN(CC(=O)NC(=O)NC1CCCCC1C)Cc1ccccc1. The average Bonchev–Trinajstić information content (AvgIpc) is 2.68. The van der Waals surface area contributed by atoms with Gasteiger partial charge in [-0.25, -0.2) is 4.79 Å². The summed E-state index contributed by atoms with van der Waals surface area (Å²) in [4.78, 5) is 37.8. The van der Waals surface area contributed by atoms with Crippen LogP contribution in [0.25, 0.3) is 0 Å². The highest BCUT2D eigenvalue weighted by atomic mass is 16.5. The van der Waals surface area contributed by atoms with Crippen LogP contribution >= 0.6 is 0 Å². The van der Waals surface area contributed by atoms with Crippen LogP contribution in [-0.2, 0) is 20.9 Å². The number of carbonyl (C=O) groups is 3. The van der Waals surface area contributed by atoms with E-state index in [1.54, 1.807) is 0 Å². The van der Waals surface area contributed by atoms with Crippen LogP contribution in [0.4, 0.5) is 4.79 Å². The molecule has 2 atom stereocenters. The van der Waals surface area contributed by atoms with Crippen LogP contribution in [-0.4, -0.2) is 49.0 Å². The lowest BCUT2D eigenvalue weighted by Crippen LogP contribution is -2.49. The van der Waals surface area contributed by atoms with Crippen LogP contribution in [0.2, 0.25) is 0 Å². The molecule has 1 fully saturated rings. The van der Waals surface area contributed by atoms with Crippen LogP contribution in [0.1, 0.15) is 44.6 Å². The molecular weight excluding hydrogens is 358 g/mol. The monoisotopic (exact) mass is 389 g/mol. The van der Waals surface area contributed by atoms with E-state index in [-0.39, 0.29) is 30.9 Å². The summed E-state index contributed by atoms with van der Waals surface area (Å²) in [7, 11) is 1.34. The number of benzene rings is 1. The molecule has 3 amide bonds. The Morgan fingerprint density at radius 1 is 1.14 bits per heavy atom. The molecule has 1 saturated carbocycles. The molecule has 7 nitrogen and oxygen atoms in total. The second-order valence-corrected chi connectivity index (χ2v) is 7.41. The zero-order valence-corrected chi connectivity index (χ0v) is 16.8. The fourth-order valence-corrected chi connectivity index (χ4v) is 3.51. The number of amides is 3. The Kier molecular flexibility index (Phi) is 8.94. The number of hydrogen-bond acceptors (Lipinski definition) is 5. The van der Waals surface area contributed by atoms with Crippen LogP contribution in [0, 0.1) is 5.92 Å². The summed E-state index contributed by atoms with van der Waals surface area (Å²) < 4.78 is 4.68. The average molecular weight is 389 g/mol. The zero-order valence-electron chi connectivity index (χ0n) is 16.8. The topological polar surface area (TPSA) is 87.7 Å². The van der Waals surface area contributed by atoms with Gasteiger partial charge in [0.25, 0.3) is 0 Å². The number of rotatable bonds is 8. The van der Waals surface area contributed by atoms with Gasteiger partial charge in [-0.05, 0) is 24.3 Å². The first-order chi connectivity index (χ1) is 13.5. The molecule has 2 unspecified atom stereocenters. The molecule has 28 heavy (non-hydrogen) atoms. The highest BCUT2D eigenvalue weighted by Crippen LogP contribution is 2.23. The fourth-order valence-electron chi connectivity index (χ4n) is 3.51. The summed E-state index contributed by atoms with van der Waals surface area (Å²) in [6, 6.07) is 9.35. The van der Waals surface area contributed by atoms with Crippen molar-refractivity contribution in [3.8, 4) is 0 Å². The van der Waals surface area contributed by atoms with Crippen LogP contribution < -0.4 is 10.6 Å². The number of esters is 1. The molecule has 1 aliphatic carbocycles. The van der Waals surface area contributed by atoms with Crippen molar-refractivity contribution in [1.82, 2.24) is 15.5 Å². The van der Waals surface area contributed by atoms with Crippen LogP contribution in [0.5, 0.6) is 0 Å². The number of urea groups is 1. The van der Waals surface area contributed by atoms with E-state index in [0.29, 0.717) is 19.0 Å². The molecule has 1 aliphatic rings. The third-order valence-corrected chi connectivity index (χ3v) is 5.16. The molecule has 0 bridgehead atoms. The van der Waals surface area contributed by atoms with E-state index in [1.807, 2.05) is 35.2 Å². The maximum absolute atomic E-state index is 12.4. The van der Waals surface area contributed by atoms with Gasteiger partial charge in [0.15, 0.2) is 0 Å². The first kappa shape index (κ1) is 21.9. The van der Waals surface area contributed by atoms with E-state index in [1.165, 1.54) is 13.5 Å². The molecule has 154 valence electrons. The summed E-state index contributed by atoms with van der Waals surface area (Å²) >= 11 is 0. The van der Waals surface area contributed by atoms with Gasteiger partial charge in [-0.1, -0.05) is 50.1 Å². The number of nitrogens with zero attached hydrogens (tertiary/aromatic N) is 1. The molecule has 7 heteroatoms. The van der Waals surface area contributed by atoms with Crippen molar-refractivity contribution < 1.29 is 19.1 Å². The first-order valence-corrected chi connectivity index (χ1v) is 9.91. The van der Waals surface area contributed by atoms with Crippen molar-refractivity contribution in [2.75, 3.05) is 20.2 Å². The summed E-state index contributed by atoms with van der Waals surface area (Å²) in [5.41, 5.74) is 1.03. The smallest absolute Gasteiger partial charge is 0.321 e. The molecule has 0 aromatic heterocycles. The Morgan fingerprint density at radius 2 is 1.86 bits per heavy atom. The Hall–Kier alpha value is -2.41. The lowest BCUT2D eigenvalue weighted by atomic mass is 9.86. The molecule has 2 rings (SSSR count). The standard InChI is InChI=1S/C21H31N3O4/c1-16-8-6-7-11-18(16)22-21(27)23-19(25)15-24(13-12-20(26)28-2)14-17-9-4-3-5-10-17/h3-5,9-10,16,18H,6-8,11-15H2,1-2H3,(H2,22,23,25,27). The predicted molar refractivity (Wildman–Crippen MR) is 106 cm³/mol. The van der Waals surface area contributed by atoms with E-state index in [0.717, 1.165) is 24.8 Å². The second-order valence-electron chi connectivity index (χ2n) is 7.41. The van der Waals surface area contributed by atoms with Gasteiger partial charge in [-0.15, -0.1) is 0 Å². The Bertz CT molecular complexity index is 650. The molecular formula is C21H31N3O4. The minimum atomic E-state index is -0.448. The lowest BCUT2D eigenvalue weighted by Gasteiger charge is -2.29. The Morgan fingerprint density at radius 3 is 2.54 bits per heavy atom. The van der Waals surface area contributed by atoms with E-state index in [2.05, 4.69) is 22.3 Å². The van der Waals surface area contributed by atoms with E-state index in [4.69, 9.17) is 0 Å². The maximum Gasteiger partial charge on any atom is 0.321 e. The van der Waals surface area contributed by atoms with Gasteiger partial charge < -0.3 is 10.1 Å². The molecule has 0 saturated heterocycles. The van der Waals surface area contributed by atoms with Gasteiger partial charge in [0.2, 0.25) is 5.91 Å². The van der Waals surface area contributed by atoms with Crippen molar-refractivity contribution in [3.63, 3.8) is 0 Å². The molecule has 1 aromatic carbocycles. The van der Waals surface area contributed by atoms with Gasteiger partial charge in [0.05, 0.1) is 20.1 Å². The van der Waals surface area contributed by atoms with E-state index in [9.17, 15) is 14.4 Å². The summed E-state index contributed by atoms with van der Waals surface area (Å²) in [6.45, 7) is 3.03. The summed E-state index contributed by atoms with van der Waals surface area (Å²) in [6.07, 6.45) is 4.51. The highest BCUT2D eigenvalue weighted by Gasteiger charge is 2.23. The van der Waals surface area contributed by atoms with Crippen molar-refractivity contribution in [2.24, 2.45) is 5.92 Å². The minimum absolute atomic E-state index is 0.0273. The number of hydrogen-bond donors (Lipinski definition) is 2. The third-order valence-electron chi connectivity index (χ3n) is 5.16. The Balaban J connectivity index is 1.86. The van der Waals surface area contributed by atoms with Crippen LogP contribution in [0.15, 0.2) is 30.3 Å². The Labute approximate surface area is 166 Å². The van der Waals surface area contributed by atoms with Crippen molar-refractivity contribution >= 4 is 17.9 Å². The number of methoxy groups -OCH3 is 1. The third kappa shape index (κ3) is 7.68. The molecule has 0 heterocycles. The van der Waals surface area contributed by atoms with Gasteiger partial charge in [0, 0.05) is 19.1 Å². The second kappa shape index (κ2) is 11.4. The normalized spacial score (nSPS) is 19.1. The van der Waals surface area contributed by atoms with Gasteiger partial charge in [-0.3, -0.25) is 19.8 Å². The number of ether oxygens (including phenoxy) is 1. The van der Waals surface area contributed by atoms with Crippen molar-refractivity contribution in [1.29, 1.82) is 0 Å². The number of imide groups is 1.